The summed E-state index contributed by atoms with van der Waals surface area (Å²) in [5, 5.41) is 18.9. The fourth-order valence-electron chi connectivity index (χ4n) is 1.08. The second-order valence-corrected chi connectivity index (χ2v) is 3.77. The third-order valence-electron chi connectivity index (χ3n) is 1.89. The number of aliphatic hydroxyl groups excluding tert-OH is 2. The Kier molecular flexibility index (Phi) is 4.00. The first kappa shape index (κ1) is 11.6. The lowest BCUT2D eigenvalue weighted by Gasteiger charge is -2.17. The third-order valence-corrected chi connectivity index (χ3v) is 2.57. The molecule has 5 heteroatoms. The second-order valence-electron chi connectivity index (χ2n) is 2.91. The van der Waals surface area contributed by atoms with Crippen molar-refractivity contribution in [3.05, 3.63) is 34.1 Å². The molecule has 1 rings (SSSR count). The minimum Gasteiger partial charge on any atom is -0.389 e. The molecule has 78 valence electrons. The van der Waals surface area contributed by atoms with E-state index in [2.05, 4.69) is 15.9 Å². The van der Waals surface area contributed by atoms with Crippen LogP contribution in [0.5, 0.6) is 0 Å². The van der Waals surface area contributed by atoms with E-state index in [-0.39, 0.29) is 6.54 Å². The monoisotopic (exact) mass is 263 g/mol. The molecule has 0 aromatic heterocycles. The average molecular weight is 264 g/mol. The van der Waals surface area contributed by atoms with Crippen LogP contribution in [0.2, 0.25) is 0 Å². The fourth-order valence-corrected chi connectivity index (χ4v) is 1.66. The van der Waals surface area contributed by atoms with Crippen LogP contribution in [0.4, 0.5) is 4.39 Å². The van der Waals surface area contributed by atoms with Gasteiger partial charge >= 0.3 is 0 Å². The van der Waals surface area contributed by atoms with Gasteiger partial charge in [0, 0.05) is 11.0 Å². The van der Waals surface area contributed by atoms with Gasteiger partial charge in [0.05, 0.1) is 6.10 Å². The van der Waals surface area contributed by atoms with E-state index in [9.17, 15) is 14.6 Å². The summed E-state index contributed by atoms with van der Waals surface area (Å²) >= 11 is 3.09. The molecule has 2 atom stereocenters. The van der Waals surface area contributed by atoms with E-state index in [1.54, 1.807) is 0 Å². The van der Waals surface area contributed by atoms with Gasteiger partial charge in [-0.2, -0.15) is 0 Å². The van der Waals surface area contributed by atoms with Crippen molar-refractivity contribution in [2.75, 3.05) is 6.54 Å². The number of halogens is 2. The number of aliphatic hydroxyl groups is 2. The number of benzene rings is 1. The standard InChI is InChI=1S/C9H11BrFNO2/c10-7-3-5(11)1-2-6(7)9(14)8(13)4-12/h1-3,8-9,13-14H,4,12H2. The number of hydrogen-bond donors (Lipinski definition) is 3. The molecule has 2 unspecified atom stereocenters. The van der Waals surface area contributed by atoms with Crippen LogP contribution in [-0.2, 0) is 0 Å². The highest BCUT2D eigenvalue weighted by Gasteiger charge is 2.19. The zero-order valence-electron chi connectivity index (χ0n) is 7.32. The predicted octanol–water partition coefficient (Wildman–Crippen LogP) is 0.941. The largest absolute Gasteiger partial charge is 0.389 e. The molecule has 4 N–H and O–H groups in total. The Morgan fingerprint density at radius 1 is 1.43 bits per heavy atom. The van der Waals surface area contributed by atoms with Crippen molar-refractivity contribution in [3.63, 3.8) is 0 Å². The predicted molar refractivity (Wildman–Crippen MR) is 54.1 cm³/mol. The molecular formula is C9H11BrFNO2. The van der Waals surface area contributed by atoms with Crippen molar-refractivity contribution in [2.45, 2.75) is 12.2 Å². The SMILES string of the molecule is NCC(O)C(O)c1ccc(F)cc1Br. The first-order chi connectivity index (χ1) is 6.56. The summed E-state index contributed by atoms with van der Waals surface area (Å²) in [5.74, 6) is -0.407. The summed E-state index contributed by atoms with van der Waals surface area (Å²) < 4.78 is 13.1. The zero-order chi connectivity index (χ0) is 10.7. The van der Waals surface area contributed by atoms with E-state index in [0.717, 1.165) is 0 Å². The van der Waals surface area contributed by atoms with Gasteiger partial charge in [-0.1, -0.05) is 22.0 Å². The topological polar surface area (TPSA) is 66.5 Å². The van der Waals surface area contributed by atoms with Crippen molar-refractivity contribution in [1.29, 1.82) is 0 Å². The van der Waals surface area contributed by atoms with E-state index in [4.69, 9.17) is 5.73 Å². The van der Waals surface area contributed by atoms with Gasteiger partial charge in [0.2, 0.25) is 0 Å². The smallest absolute Gasteiger partial charge is 0.124 e. The zero-order valence-corrected chi connectivity index (χ0v) is 8.91. The molecule has 1 aromatic rings. The molecular weight excluding hydrogens is 253 g/mol. The Labute approximate surface area is 89.5 Å². The Morgan fingerprint density at radius 2 is 2.07 bits per heavy atom. The van der Waals surface area contributed by atoms with Crippen LogP contribution in [0.1, 0.15) is 11.7 Å². The first-order valence-corrected chi connectivity index (χ1v) is 4.86. The van der Waals surface area contributed by atoms with Crippen LogP contribution < -0.4 is 5.73 Å². The van der Waals surface area contributed by atoms with Crippen molar-refractivity contribution in [3.8, 4) is 0 Å². The van der Waals surface area contributed by atoms with Crippen LogP contribution in [0.25, 0.3) is 0 Å². The molecule has 1 aromatic carbocycles. The van der Waals surface area contributed by atoms with Crippen LogP contribution in [-0.4, -0.2) is 22.9 Å². The highest BCUT2D eigenvalue weighted by Crippen LogP contribution is 2.26. The number of hydrogen-bond acceptors (Lipinski definition) is 3. The Bertz CT molecular complexity index is 322. The lowest BCUT2D eigenvalue weighted by atomic mass is 10.0. The van der Waals surface area contributed by atoms with Gasteiger partial charge in [-0.15, -0.1) is 0 Å². The van der Waals surface area contributed by atoms with Gasteiger partial charge in [-0.3, -0.25) is 0 Å². The molecule has 0 bridgehead atoms. The lowest BCUT2D eigenvalue weighted by molar-refractivity contribution is 0.0239. The van der Waals surface area contributed by atoms with Crippen molar-refractivity contribution < 1.29 is 14.6 Å². The van der Waals surface area contributed by atoms with Gasteiger partial charge in [0.1, 0.15) is 11.9 Å². The molecule has 14 heavy (non-hydrogen) atoms. The molecule has 0 saturated carbocycles. The van der Waals surface area contributed by atoms with Gasteiger partial charge < -0.3 is 15.9 Å². The summed E-state index contributed by atoms with van der Waals surface area (Å²) in [5.41, 5.74) is 5.61. The molecule has 0 radical (unpaired) electrons. The average Bonchev–Trinajstić information content (AvgIpc) is 2.15. The summed E-state index contributed by atoms with van der Waals surface area (Å²) in [7, 11) is 0. The molecule has 0 spiro atoms. The second kappa shape index (κ2) is 4.84. The normalized spacial score (nSPS) is 15.2. The van der Waals surface area contributed by atoms with Crippen LogP contribution in [0.3, 0.4) is 0 Å². The molecule has 0 aliphatic rings. The molecule has 0 amide bonds. The summed E-state index contributed by atoms with van der Waals surface area (Å²) in [6.07, 6.45) is -2.15. The maximum atomic E-state index is 12.7. The van der Waals surface area contributed by atoms with Crippen molar-refractivity contribution in [1.82, 2.24) is 0 Å². The van der Waals surface area contributed by atoms with Crippen molar-refractivity contribution >= 4 is 15.9 Å². The van der Waals surface area contributed by atoms with Gasteiger partial charge in [0.25, 0.3) is 0 Å². The number of nitrogens with two attached hydrogens (primary N) is 1. The van der Waals surface area contributed by atoms with Crippen molar-refractivity contribution in [2.24, 2.45) is 5.73 Å². The summed E-state index contributed by atoms with van der Waals surface area (Å²) in [6.45, 7) is -0.0506. The summed E-state index contributed by atoms with van der Waals surface area (Å²) in [4.78, 5) is 0. The Morgan fingerprint density at radius 3 is 2.57 bits per heavy atom. The Balaban J connectivity index is 2.95. The fraction of sp³-hybridized carbons (Fsp3) is 0.333. The lowest BCUT2D eigenvalue weighted by Crippen LogP contribution is -2.27. The van der Waals surface area contributed by atoms with E-state index in [1.807, 2.05) is 0 Å². The van der Waals surface area contributed by atoms with E-state index >= 15 is 0 Å². The minimum absolute atomic E-state index is 0.0506. The maximum absolute atomic E-state index is 12.7. The van der Waals surface area contributed by atoms with Crippen LogP contribution in [0.15, 0.2) is 22.7 Å². The highest BCUT2D eigenvalue weighted by atomic mass is 79.9. The van der Waals surface area contributed by atoms with E-state index in [0.29, 0.717) is 10.0 Å². The first-order valence-electron chi connectivity index (χ1n) is 4.07. The molecule has 0 heterocycles. The maximum Gasteiger partial charge on any atom is 0.124 e. The van der Waals surface area contributed by atoms with Gasteiger partial charge in [-0.05, 0) is 17.7 Å². The third kappa shape index (κ3) is 2.51. The van der Waals surface area contributed by atoms with Gasteiger partial charge in [-0.25, -0.2) is 4.39 Å². The van der Waals surface area contributed by atoms with E-state index < -0.39 is 18.0 Å². The quantitative estimate of drug-likeness (QED) is 0.761. The minimum atomic E-state index is -1.10. The highest BCUT2D eigenvalue weighted by molar-refractivity contribution is 9.10. The van der Waals surface area contributed by atoms with Gasteiger partial charge in [0.15, 0.2) is 0 Å². The van der Waals surface area contributed by atoms with Crippen LogP contribution >= 0.6 is 15.9 Å². The molecule has 0 fully saturated rings. The molecule has 0 aliphatic heterocycles. The molecule has 0 saturated heterocycles. The summed E-state index contributed by atoms with van der Waals surface area (Å²) in [6, 6.07) is 3.84. The van der Waals surface area contributed by atoms with E-state index in [1.165, 1.54) is 18.2 Å². The molecule has 3 nitrogen and oxygen atoms in total. The van der Waals surface area contributed by atoms with Crippen LogP contribution in [0, 0.1) is 5.82 Å². The number of rotatable bonds is 3. The Hall–Kier alpha value is -0.490. The molecule has 0 aliphatic carbocycles.